The molecule has 2 amide bonds. The number of nitrogens with one attached hydrogen (secondary N) is 1. The average molecular weight is 217 g/mol. The van der Waals surface area contributed by atoms with Crippen molar-refractivity contribution in [3.8, 4) is 0 Å². The molecule has 0 rings (SSSR count). The Balaban J connectivity index is 3.86. The van der Waals surface area contributed by atoms with Gasteiger partial charge in [0.05, 0.1) is 12.5 Å². The molecule has 2 atom stereocenters. The maximum absolute atomic E-state index is 11.4. The molecule has 88 valence electrons. The van der Waals surface area contributed by atoms with Crippen molar-refractivity contribution in [2.75, 3.05) is 13.7 Å². The lowest BCUT2D eigenvalue weighted by Crippen LogP contribution is -2.38. The molecule has 0 radical (unpaired) electrons. The molecule has 0 aliphatic carbocycles. The van der Waals surface area contributed by atoms with Gasteiger partial charge in [-0.1, -0.05) is 0 Å². The maximum Gasteiger partial charge on any atom is 0.222 e. The third-order valence-corrected chi connectivity index (χ3v) is 1.92. The highest BCUT2D eigenvalue weighted by molar-refractivity contribution is 5.79. The van der Waals surface area contributed by atoms with E-state index in [0.717, 1.165) is 0 Å². The zero-order valence-electron chi connectivity index (χ0n) is 9.16. The molecular weight excluding hydrogens is 198 g/mol. The van der Waals surface area contributed by atoms with Crippen LogP contribution in [0.4, 0.5) is 0 Å². The van der Waals surface area contributed by atoms with E-state index >= 15 is 0 Å². The first kappa shape index (κ1) is 13.9. The lowest BCUT2D eigenvalue weighted by Gasteiger charge is -2.15. The number of hydrogen-bond donors (Lipinski definition) is 3. The van der Waals surface area contributed by atoms with Crippen molar-refractivity contribution in [2.24, 2.45) is 11.5 Å². The largest absolute Gasteiger partial charge is 0.380 e. The topological polar surface area (TPSA) is 107 Å². The molecule has 6 nitrogen and oxygen atoms in total. The average Bonchev–Trinajstić information content (AvgIpc) is 2.12. The first-order chi connectivity index (χ1) is 6.99. The summed E-state index contributed by atoms with van der Waals surface area (Å²) in [5, 5.41) is 2.64. The molecular formula is C9H19N3O3. The van der Waals surface area contributed by atoms with Gasteiger partial charge >= 0.3 is 0 Å². The van der Waals surface area contributed by atoms with E-state index in [0.29, 0.717) is 0 Å². The Morgan fingerprint density at radius 3 is 2.40 bits per heavy atom. The summed E-state index contributed by atoms with van der Waals surface area (Å²) in [4.78, 5) is 21.9. The number of rotatable bonds is 7. The Labute approximate surface area is 89.3 Å². The van der Waals surface area contributed by atoms with Crippen LogP contribution in [-0.4, -0.2) is 37.6 Å². The third-order valence-electron chi connectivity index (χ3n) is 1.92. The zero-order valence-corrected chi connectivity index (χ0v) is 9.16. The molecule has 0 heterocycles. The van der Waals surface area contributed by atoms with E-state index in [1.165, 1.54) is 7.11 Å². The normalized spacial score (nSPS) is 14.3. The van der Waals surface area contributed by atoms with E-state index in [1.54, 1.807) is 6.92 Å². The van der Waals surface area contributed by atoms with Crippen molar-refractivity contribution in [3.05, 3.63) is 0 Å². The van der Waals surface area contributed by atoms with E-state index in [2.05, 4.69) is 5.32 Å². The van der Waals surface area contributed by atoms with Crippen LogP contribution in [0.2, 0.25) is 0 Å². The molecule has 0 fully saturated rings. The highest BCUT2D eigenvalue weighted by atomic mass is 16.5. The number of primary amides is 1. The van der Waals surface area contributed by atoms with Crippen LogP contribution in [0.5, 0.6) is 0 Å². The SMILES string of the molecule is COC(CN)CC(=O)NC(C)CC(N)=O. The second kappa shape index (κ2) is 7.19. The first-order valence-corrected chi connectivity index (χ1v) is 4.80. The number of ether oxygens (including phenoxy) is 1. The van der Waals surface area contributed by atoms with Crippen LogP contribution in [0, 0.1) is 0 Å². The summed E-state index contributed by atoms with van der Waals surface area (Å²) in [5.41, 5.74) is 10.4. The van der Waals surface area contributed by atoms with Gasteiger partial charge in [0.1, 0.15) is 0 Å². The minimum absolute atomic E-state index is 0.131. The number of hydrogen-bond acceptors (Lipinski definition) is 4. The summed E-state index contributed by atoms with van der Waals surface area (Å²) in [7, 11) is 1.50. The Bertz CT molecular complexity index is 217. The predicted octanol–water partition coefficient (Wildman–Crippen LogP) is -1.27. The van der Waals surface area contributed by atoms with Crippen LogP contribution in [0.15, 0.2) is 0 Å². The summed E-state index contributed by atoms with van der Waals surface area (Å²) < 4.78 is 4.96. The molecule has 0 aromatic rings. The quantitative estimate of drug-likeness (QED) is 0.494. The van der Waals surface area contributed by atoms with Gasteiger partial charge in [0.2, 0.25) is 11.8 Å². The molecule has 0 aliphatic rings. The summed E-state index contributed by atoms with van der Waals surface area (Å²) in [5.74, 6) is -0.633. The Hall–Kier alpha value is -1.14. The van der Waals surface area contributed by atoms with Gasteiger partial charge in [0.25, 0.3) is 0 Å². The van der Waals surface area contributed by atoms with Crippen molar-refractivity contribution in [2.45, 2.75) is 31.9 Å². The van der Waals surface area contributed by atoms with E-state index in [9.17, 15) is 9.59 Å². The molecule has 0 aromatic carbocycles. The van der Waals surface area contributed by atoms with Crippen LogP contribution in [0.3, 0.4) is 0 Å². The molecule has 0 spiro atoms. The molecule has 0 aliphatic heterocycles. The molecule has 15 heavy (non-hydrogen) atoms. The van der Waals surface area contributed by atoms with Crippen molar-refractivity contribution < 1.29 is 14.3 Å². The number of amides is 2. The second-order valence-electron chi connectivity index (χ2n) is 3.44. The van der Waals surface area contributed by atoms with Crippen LogP contribution in [0.1, 0.15) is 19.8 Å². The third kappa shape index (κ3) is 6.87. The van der Waals surface area contributed by atoms with Crippen molar-refractivity contribution >= 4 is 11.8 Å². The van der Waals surface area contributed by atoms with Crippen LogP contribution >= 0.6 is 0 Å². The molecule has 0 aromatic heterocycles. The molecule has 0 saturated heterocycles. The minimum atomic E-state index is -0.440. The summed E-state index contributed by atoms with van der Waals surface area (Å²) in [6.07, 6.45) is 0.0352. The number of carbonyl (C=O) groups excluding carboxylic acids is 2. The summed E-state index contributed by atoms with van der Waals surface area (Å²) in [6.45, 7) is 2.00. The monoisotopic (exact) mass is 217 g/mol. The Kier molecular flexibility index (Phi) is 6.64. The fraction of sp³-hybridized carbons (Fsp3) is 0.778. The standard InChI is InChI=1S/C9H19N3O3/c1-6(3-8(11)13)12-9(14)4-7(5-10)15-2/h6-7H,3-5,10H2,1-2H3,(H2,11,13)(H,12,14). The van der Waals surface area contributed by atoms with Gasteiger partial charge in [0.15, 0.2) is 0 Å². The van der Waals surface area contributed by atoms with Crippen LogP contribution < -0.4 is 16.8 Å². The fourth-order valence-electron chi connectivity index (χ4n) is 1.16. The van der Waals surface area contributed by atoms with Crippen molar-refractivity contribution in [3.63, 3.8) is 0 Å². The van der Waals surface area contributed by atoms with Crippen molar-refractivity contribution in [1.29, 1.82) is 0 Å². The van der Waals surface area contributed by atoms with E-state index in [-0.39, 0.29) is 37.4 Å². The fourth-order valence-corrected chi connectivity index (χ4v) is 1.16. The van der Waals surface area contributed by atoms with Gasteiger partial charge in [-0.15, -0.1) is 0 Å². The van der Waals surface area contributed by atoms with E-state index in [1.807, 2.05) is 0 Å². The minimum Gasteiger partial charge on any atom is -0.380 e. The molecule has 6 heteroatoms. The van der Waals surface area contributed by atoms with Crippen LogP contribution in [-0.2, 0) is 14.3 Å². The van der Waals surface area contributed by atoms with Gasteiger partial charge < -0.3 is 21.5 Å². The molecule has 2 unspecified atom stereocenters. The molecule has 5 N–H and O–H groups in total. The summed E-state index contributed by atoms with van der Waals surface area (Å²) in [6, 6.07) is -0.259. The Morgan fingerprint density at radius 2 is 2.00 bits per heavy atom. The maximum atomic E-state index is 11.4. The molecule has 0 bridgehead atoms. The first-order valence-electron chi connectivity index (χ1n) is 4.80. The Morgan fingerprint density at radius 1 is 1.40 bits per heavy atom. The predicted molar refractivity (Wildman–Crippen MR) is 55.9 cm³/mol. The lowest BCUT2D eigenvalue weighted by molar-refractivity contribution is -0.124. The number of nitrogens with two attached hydrogens (primary N) is 2. The van der Waals surface area contributed by atoms with Crippen molar-refractivity contribution in [1.82, 2.24) is 5.32 Å². The van der Waals surface area contributed by atoms with Gasteiger partial charge in [-0.3, -0.25) is 9.59 Å². The second-order valence-corrected chi connectivity index (χ2v) is 3.44. The van der Waals surface area contributed by atoms with Gasteiger partial charge in [-0.05, 0) is 6.92 Å². The lowest BCUT2D eigenvalue weighted by atomic mass is 10.2. The van der Waals surface area contributed by atoms with E-state index in [4.69, 9.17) is 16.2 Å². The smallest absolute Gasteiger partial charge is 0.222 e. The summed E-state index contributed by atoms with van der Waals surface area (Å²) >= 11 is 0. The number of methoxy groups -OCH3 is 1. The van der Waals surface area contributed by atoms with E-state index < -0.39 is 5.91 Å². The zero-order chi connectivity index (χ0) is 11.8. The highest BCUT2D eigenvalue weighted by Crippen LogP contribution is 1.96. The number of carbonyl (C=O) groups is 2. The van der Waals surface area contributed by atoms with Gasteiger partial charge in [0, 0.05) is 26.1 Å². The van der Waals surface area contributed by atoms with Crippen LogP contribution in [0.25, 0.3) is 0 Å². The molecule has 0 saturated carbocycles. The highest BCUT2D eigenvalue weighted by Gasteiger charge is 2.14. The van der Waals surface area contributed by atoms with Gasteiger partial charge in [-0.2, -0.15) is 0 Å². The van der Waals surface area contributed by atoms with Gasteiger partial charge in [-0.25, -0.2) is 0 Å².